The molecule has 2 aromatic heterocycles. The van der Waals surface area contributed by atoms with Gasteiger partial charge in [-0.2, -0.15) is 5.10 Å². The monoisotopic (exact) mass is 317 g/mol. The molecule has 0 bridgehead atoms. The predicted molar refractivity (Wildman–Crippen MR) is 82.7 cm³/mol. The van der Waals surface area contributed by atoms with Gasteiger partial charge < -0.3 is 5.11 Å². The van der Waals surface area contributed by atoms with E-state index in [2.05, 4.69) is 5.10 Å². The van der Waals surface area contributed by atoms with Crippen LogP contribution in [0.4, 0.5) is 0 Å². The van der Waals surface area contributed by atoms with Crippen molar-refractivity contribution in [2.24, 2.45) is 0 Å². The number of fused-ring (bicyclic) bond motifs is 1. The van der Waals surface area contributed by atoms with E-state index in [1.807, 2.05) is 6.07 Å². The molecule has 0 aliphatic carbocycles. The van der Waals surface area contributed by atoms with Crippen LogP contribution in [0, 0.1) is 6.92 Å². The molecule has 0 saturated heterocycles. The first-order valence-electron chi connectivity index (χ1n) is 6.54. The molecule has 2 heterocycles. The summed E-state index contributed by atoms with van der Waals surface area (Å²) in [5.41, 5.74) is -0.427. The van der Waals surface area contributed by atoms with Gasteiger partial charge in [0.1, 0.15) is 5.82 Å². The van der Waals surface area contributed by atoms with Crippen molar-refractivity contribution in [3.05, 3.63) is 73.5 Å². The molecule has 3 rings (SSSR count). The largest absolute Gasteiger partial charge is 0.503 e. The summed E-state index contributed by atoms with van der Waals surface area (Å²) in [5.74, 6) is -0.0928. The van der Waals surface area contributed by atoms with Gasteiger partial charge in [-0.3, -0.25) is 14.0 Å². The van der Waals surface area contributed by atoms with Gasteiger partial charge >= 0.3 is 0 Å². The third-order valence-corrected chi connectivity index (χ3v) is 3.58. The van der Waals surface area contributed by atoms with Gasteiger partial charge in [-0.1, -0.05) is 23.7 Å². The van der Waals surface area contributed by atoms with E-state index in [1.54, 1.807) is 25.1 Å². The Hall–Kier alpha value is -2.60. The first kappa shape index (κ1) is 14.3. The van der Waals surface area contributed by atoms with Crippen LogP contribution >= 0.6 is 11.6 Å². The Balaban J connectivity index is 2.23. The zero-order valence-electron chi connectivity index (χ0n) is 11.7. The first-order valence-corrected chi connectivity index (χ1v) is 6.91. The number of aryl methyl sites for hydroxylation is 1. The van der Waals surface area contributed by atoms with Gasteiger partial charge in [0.25, 0.3) is 5.56 Å². The Bertz CT molecular complexity index is 991. The number of hydrogen-bond acceptors (Lipinski definition) is 4. The van der Waals surface area contributed by atoms with Crippen molar-refractivity contribution in [1.29, 1.82) is 0 Å². The van der Waals surface area contributed by atoms with E-state index in [-0.39, 0.29) is 12.1 Å². The van der Waals surface area contributed by atoms with Crippen LogP contribution in [0.5, 0.6) is 5.75 Å². The summed E-state index contributed by atoms with van der Waals surface area (Å²) in [7, 11) is 0. The molecule has 0 amide bonds. The highest BCUT2D eigenvalue weighted by Crippen LogP contribution is 2.13. The topological polar surface area (TPSA) is 76.6 Å². The Morgan fingerprint density at radius 3 is 2.77 bits per heavy atom. The van der Waals surface area contributed by atoms with Gasteiger partial charge in [0.2, 0.25) is 5.43 Å². The van der Waals surface area contributed by atoms with Crippen molar-refractivity contribution in [1.82, 2.24) is 14.2 Å². The number of aromatic nitrogens is 3. The fourth-order valence-corrected chi connectivity index (χ4v) is 2.52. The number of benzene rings is 1. The smallest absolute Gasteiger partial charge is 0.295 e. The van der Waals surface area contributed by atoms with Crippen LogP contribution < -0.4 is 11.0 Å². The predicted octanol–water partition coefficient (Wildman–Crippen LogP) is 1.57. The van der Waals surface area contributed by atoms with Crippen LogP contribution in [-0.4, -0.2) is 19.3 Å². The molecule has 0 unspecified atom stereocenters. The normalized spacial score (nSPS) is 11.0. The second kappa shape index (κ2) is 5.31. The fourth-order valence-electron chi connectivity index (χ4n) is 2.31. The maximum Gasteiger partial charge on any atom is 0.295 e. The molecule has 0 atom stereocenters. The van der Waals surface area contributed by atoms with Gasteiger partial charge in [-0.15, -0.1) is 0 Å². The molecule has 112 valence electrons. The molecule has 7 heteroatoms. The minimum atomic E-state index is -0.600. The highest BCUT2D eigenvalue weighted by Gasteiger charge is 2.13. The third-order valence-electron chi connectivity index (χ3n) is 3.35. The Labute approximate surface area is 129 Å². The molecule has 0 aliphatic rings. The summed E-state index contributed by atoms with van der Waals surface area (Å²) >= 11 is 5.93. The van der Waals surface area contributed by atoms with Crippen LogP contribution in [0.3, 0.4) is 0 Å². The molecular formula is C15H12ClN3O3. The third kappa shape index (κ3) is 2.37. The SMILES string of the molecule is Cc1nn(Cc2cccc(Cl)c2)c(=O)c2c(O)c(=O)ccn12. The standard InChI is InChI=1S/C15H12ClN3O3/c1-9-17-19(8-10-3-2-4-11(16)7-10)15(22)13-14(21)12(20)5-6-18(9)13/h2-7,21H,8H2,1H3. The van der Waals surface area contributed by atoms with Crippen LogP contribution in [0.15, 0.2) is 46.1 Å². The maximum atomic E-state index is 12.5. The number of halogens is 1. The van der Waals surface area contributed by atoms with E-state index in [0.717, 1.165) is 5.56 Å². The molecule has 0 saturated carbocycles. The van der Waals surface area contributed by atoms with E-state index in [9.17, 15) is 14.7 Å². The summed E-state index contributed by atoms with van der Waals surface area (Å²) in [6.45, 7) is 1.88. The van der Waals surface area contributed by atoms with Crippen LogP contribution in [0.2, 0.25) is 5.02 Å². The quantitative estimate of drug-likeness (QED) is 0.778. The maximum absolute atomic E-state index is 12.5. The summed E-state index contributed by atoms with van der Waals surface area (Å²) in [4.78, 5) is 24.1. The highest BCUT2D eigenvalue weighted by molar-refractivity contribution is 6.30. The number of pyridine rings is 1. The molecule has 22 heavy (non-hydrogen) atoms. The van der Waals surface area contributed by atoms with Crippen molar-refractivity contribution < 1.29 is 5.11 Å². The lowest BCUT2D eigenvalue weighted by atomic mass is 10.2. The second-order valence-electron chi connectivity index (χ2n) is 4.89. The lowest BCUT2D eigenvalue weighted by Crippen LogP contribution is -2.28. The molecule has 0 aliphatic heterocycles. The molecule has 0 radical (unpaired) electrons. The summed E-state index contributed by atoms with van der Waals surface area (Å²) in [6.07, 6.45) is 1.42. The number of aromatic hydroxyl groups is 1. The van der Waals surface area contributed by atoms with Gasteiger partial charge in [-0.05, 0) is 24.6 Å². The van der Waals surface area contributed by atoms with Crippen molar-refractivity contribution in [3.8, 4) is 5.75 Å². The minimum Gasteiger partial charge on any atom is -0.503 e. The van der Waals surface area contributed by atoms with E-state index in [1.165, 1.54) is 21.3 Å². The molecule has 1 aromatic carbocycles. The van der Waals surface area contributed by atoms with Crippen molar-refractivity contribution >= 4 is 17.1 Å². The average Bonchev–Trinajstić information content (AvgIpc) is 2.47. The number of rotatable bonds is 2. The van der Waals surface area contributed by atoms with Crippen molar-refractivity contribution in [3.63, 3.8) is 0 Å². The first-order chi connectivity index (χ1) is 10.5. The number of nitrogens with zero attached hydrogens (tertiary/aromatic N) is 3. The van der Waals surface area contributed by atoms with Crippen molar-refractivity contribution in [2.45, 2.75) is 13.5 Å². The molecule has 0 spiro atoms. The van der Waals surface area contributed by atoms with E-state index >= 15 is 0 Å². The minimum absolute atomic E-state index is 0.0815. The van der Waals surface area contributed by atoms with Gasteiger partial charge in [-0.25, -0.2) is 4.68 Å². The van der Waals surface area contributed by atoms with Crippen LogP contribution in [0.25, 0.3) is 5.52 Å². The lowest BCUT2D eigenvalue weighted by molar-refractivity contribution is 0.470. The second-order valence-corrected chi connectivity index (χ2v) is 5.32. The highest BCUT2D eigenvalue weighted by atomic mass is 35.5. The zero-order chi connectivity index (χ0) is 15.9. The Morgan fingerprint density at radius 1 is 1.27 bits per heavy atom. The van der Waals surface area contributed by atoms with E-state index < -0.39 is 16.7 Å². The number of hydrogen-bond donors (Lipinski definition) is 1. The van der Waals surface area contributed by atoms with Crippen LogP contribution in [-0.2, 0) is 6.54 Å². The molecule has 1 N–H and O–H groups in total. The molecule has 3 aromatic rings. The van der Waals surface area contributed by atoms with Gasteiger partial charge in [0.05, 0.1) is 6.54 Å². The summed E-state index contributed by atoms with van der Waals surface area (Å²) in [6, 6.07) is 8.25. The zero-order valence-corrected chi connectivity index (χ0v) is 12.4. The van der Waals surface area contributed by atoms with Gasteiger partial charge in [0.15, 0.2) is 11.3 Å². The summed E-state index contributed by atoms with van der Waals surface area (Å²) < 4.78 is 2.60. The lowest BCUT2D eigenvalue weighted by Gasteiger charge is -2.11. The van der Waals surface area contributed by atoms with Crippen molar-refractivity contribution in [2.75, 3.05) is 0 Å². The van der Waals surface area contributed by atoms with Gasteiger partial charge in [0, 0.05) is 17.3 Å². The average molecular weight is 318 g/mol. The van der Waals surface area contributed by atoms with E-state index in [0.29, 0.717) is 10.8 Å². The molecular weight excluding hydrogens is 306 g/mol. The van der Waals surface area contributed by atoms with Crippen LogP contribution in [0.1, 0.15) is 11.4 Å². The molecule has 6 nitrogen and oxygen atoms in total. The summed E-state index contributed by atoms with van der Waals surface area (Å²) in [5, 5.41) is 14.7. The Morgan fingerprint density at radius 2 is 2.05 bits per heavy atom. The molecule has 0 fully saturated rings. The fraction of sp³-hybridized carbons (Fsp3) is 0.133. The van der Waals surface area contributed by atoms with E-state index in [4.69, 9.17) is 11.6 Å². The Kier molecular flexibility index (Phi) is 3.46.